The van der Waals surface area contributed by atoms with Crippen LogP contribution in [0.1, 0.15) is 53.9 Å². The van der Waals surface area contributed by atoms with Crippen LogP contribution in [0.4, 0.5) is 0 Å². The number of nitrogens with zero attached hydrogens (tertiary/aromatic N) is 1. The molecule has 1 aliphatic rings. The molecule has 0 bridgehead atoms. The van der Waals surface area contributed by atoms with Gasteiger partial charge in [-0.05, 0) is 38.1 Å². The number of rotatable bonds is 4. The summed E-state index contributed by atoms with van der Waals surface area (Å²) in [6.07, 6.45) is 3.19. The molecule has 2 unspecified atom stereocenters. The molecule has 0 radical (unpaired) electrons. The molecule has 1 saturated heterocycles. The molecule has 1 amide bonds. The van der Waals surface area contributed by atoms with Crippen LogP contribution in [0, 0.1) is 5.41 Å². The zero-order valence-corrected chi connectivity index (χ0v) is 12.0. The van der Waals surface area contributed by atoms with E-state index in [9.17, 15) is 4.79 Å². The fourth-order valence-electron chi connectivity index (χ4n) is 2.26. The summed E-state index contributed by atoms with van der Waals surface area (Å²) in [7, 11) is 0. The van der Waals surface area contributed by atoms with Crippen molar-refractivity contribution in [3.8, 4) is 0 Å². The molecule has 0 aromatic heterocycles. The van der Waals surface area contributed by atoms with E-state index in [-0.39, 0.29) is 11.5 Å². The highest BCUT2D eigenvalue weighted by Crippen LogP contribution is 2.27. The maximum Gasteiger partial charge on any atom is 0.239 e. The van der Waals surface area contributed by atoms with Gasteiger partial charge in [-0.15, -0.1) is 0 Å². The van der Waals surface area contributed by atoms with Crippen molar-refractivity contribution in [3.05, 3.63) is 0 Å². The van der Waals surface area contributed by atoms with Gasteiger partial charge in [0.05, 0.1) is 6.04 Å². The van der Waals surface area contributed by atoms with Gasteiger partial charge in [0.1, 0.15) is 0 Å². The molecule has 0 aromatic carbocycles. The average Bonchev–Trinajstić information content (AvgIpc) is 2.25. The molecule has 1 heterocycles. The van der Waals surface area contributed by atoms with E-state index in [2.05, 4.69) is 44.8 Å². The first kappa shape index (κ1) is 14.5. The van der Waals surface area contributed by atoms with Crippen molar-refractivity contribution in [2.45, 2.75) is 66.0 Å². The largest absolute Gasteiger partial charge is 0.338 e. The summed E-state index contributed by atoms with van der Waals surface area (Å²) in [6, 6.07) is 0.356. The summed E-state index contributed by atoms with van der Waals surface area (Å²) in [5.41, 5.74) is 0.155. The molecule has 1 N–H and O–H groups in total. The molecular weight excluding hydrogens is 212 g/mol. The number of carbonyl (C=O) groups is 1. The van der Waals surface area contributed by atoms with Crippen LogP contribution in [-0.2, 0) is 4.79 Å². The van der Waals surface area contributed by atoms with Gasteiger partial charge in [-0.2, -0.15) is 0 Å². The Balaban J connectivity index is 2.65. The van der Waals surface area contributed by atoms with E-state index in [0.29, 0.717) is 11.9 Å². The van der Waals surface area contributed by atoms with Crippen molar-refractivity contribution in [1.29, 1.82) is 0 Å². The standard InChI is InChI=1S/C14H28N2O/c1-6-9-15-12-8-7-10-16(13(12)17)11(2)14(3,4)5/h11-12,15H,6-10H2,1-5H3. The lowest BCUT2D eigenvalue weighted by molar-refractivity contribution is -0.140. The minimum absolute atomic E-state index is 0.0495. The van der Waals surface area contributed by atoms with E-state index >= 15 is 0 Å². The van der Waals surface area contributed by atoms with E-state index in [1.54, 1.807) is 0 Å². The second kappa shape index (κ2) is 5.85. The lowest BCUT2D eigenvalue weighted by Gasteiger charge is -2.42. The van der Waals surface area contributed by atoms with Crippen molar-refractivity contribution in [1.82, 2.24) is 10.2 Å². The van der Waals surface area contributed by atoms with Crippen molar-refractivity contribution in [3.63, 3.8) is 0 Å². The normalized spacial score (nSPS) is 23.9. The first-order valence-electron chi connectivity index (χ1n) is 6.91. The van der Waals surface area contributed by atoms with Crippen LogP contribution < -0.4 is 5.32 Å². The van der Waals surface area contributed by atoms with Gasteiger partial charge in [-0.1, -0.05) is 27.7 Å². The number of piperidine rings is 1. The maximum absolute atomic E-state index is 12.4. The van der Waals surface area contributed by atoms with Crippen molar-refractivity contribution in [2.75, 3.05) is 13.1 Å². The Morgan fingerprint density at radius 2 is 2.12 bits per heavy atom. The summed E-state index contributed by atoms with van der Waals surface area (Å²) in [6.45, 7) is 12.8. The van der Waals surface area contributed by atoms with E-state index in [1.807, 2.05) is 0 Å². The van der Waals surface area contributed by atoms with Gasteiger partial charge >= 0.3 is 0 Å². The predicted octanol–water partition coefficient (Wildman–Crippen LogP) is 2.41. The number of hydrogen-bond acceptors (Lipinski definition) is 2. The molecule has 100 valence electrons. The first-order valence-corrected chi connectivity index (χ1v) is 6.91. The van der Waals surface area contributed by atoms with Gasteiger partial charge in [-0.25, -0.2) is 0 Å². The minimum atomic E-state index is 0.0495. The molecule has 0 aromatic rings. The zero-order chi connectivity index (χ0) is 13.1. The molecule has 0 aliphatic carbocycles. The van der Waals surface area contributed by atoms with Gasteiger partial charge in [0.25, 0.3) is 0 Å². The van der Waals surface area contributed by atoms with Gasteiger partial charge in [0.15, 0.2) is 0 Å². The third kappa shape index (κ3) is 3.70. The molecule has 1 rings (SSSR count). The number of hydrogen-bond donors (Lipinski definition) is 1. The van der Waals surface area contributed by atoms with E-state index in [0.717, 1.165) is 32.4 Å². The fourth-order valence-corrected chi connectivity index (χ4v) is 2.26. The number of amides is 1. The molecule has 2 atom stereocenters. The van der Waals surface area contributed by atoms with Gasteiger partial charge in [0.2, 0.25) is 5.91 Å². The predicted molar refractivity (Wildman–Crippen MR) is 71.9 cm³/mol. The Hall–Kier alpha value is -0.570. The van der Waals surface area contributed by atoms with E-state index in [1.165, 1.54) is 0 Å². The lowest BCUT2D eigenvalue weighted by atomic mass is 9.85. The number of carbonyl (C=O) groups excluding carboxylic acids is 1. The molecule has 1 aliphatic heterocycles. The van der Waals surface area contributed by atoms with Gasteiger partial charge in [-0.3, -0.25) is 4.79 Å². The van der Waals surface area contributed by atoms with E-state index < -0.39 is 0 Å². The van der Waals surface area contributed by atoms with Crippen LogP contribution in [0.15, 0.2) is 0 Å². The Bertz CT molecular complexity index is 257. The van der Waals surface area contributed by atoms with Crippen LogP contribution in [-0.4, -0.2) is 36.0 Å². The lowest BCUT2D eigenvalue weighted by Crippen LogP contribution is -2.56. The summed E-state index contributed by atoms with van der Waals surface area (Å²) in [5, 5.41) is 3.37. The van der Waals surface area contributed by atoms with Crippen LogP contribution in [0.3, 0.4) is 0 Å². The highest BCUT2D eigenvalue weighted by Gasteiger charge is 2.35. The Morgan fingerprint density at radius 3 is 2.65 bits per heavy atom. The van der Waals surface area contributed by atoms with Crippen LogP contribution >= 0.6 is 0 Å². The average molecular weight is 240 g/mol. The Kier molecular flexibility index (Phi) is 4.99. The van der Waals surface area contributed by atoms with Gasteiger partial charge in [0, 0.05) is 12.6 Å². The molecule has 0 spiro atoms. The summed E-state index contributed by atoms with van der Waals surface area (Å²) < 4.78 is 0. The summed E-state index contributed by atoms with van der Waals surface area (Å²) >= 11 is 0. The fraction of sp³-hybridized carbons (Fsp3) is 0.929. The molecule has 17 heavy (non-hydrogen) atoms. The number of nitrogens with one attached hydrogen (secondary N) is 1. The van der Waals surface area contributed by atoms with Crippen molar-refractivity contribution < 1.29 is 4.79 Å². The quantitative estimate of drug-likeness (QED) is 0.818. The first-order chi connectivity index (χ1) is 7.88. The number of likely N-dealkylation sites (tertiary alicyclic amines) is 1. The van der Waals surface area contributed by atoms with Crippen molar-refractivity contribution in [2.24, 2.45) is 5.41 Å². The SMILES string of the molecule is CCCNC1CCCN(C(C)C(C)(C)C)C1=O. The topological polar surface area (TPSA) is 32.3 Å². The monoisotopic (exact) mass is 240 g/mol. The zero-order valence-electron chi connectivity index (χ0n) is 12.0. The molecule has 1 fully saturated rings. The highest BCUT2D eigenvalue weighted by molar-refractivity contribution is 5.83. The van der Waals surface area contributed by atoms with Crippen molar-refractivity contribution >= 4 is 5.91 Å². The summed E-state index contributed by atoms with van der Waals surface area (Å²) in [4.78, 5) is 14.4. The summed E-state index contributed by atoms with van der Waals surface area (Å²) in [5.74, 6) is 0.298. The van der Waals surface area contributed by atoms with E-state index in [4.69, 9.17) is 0 Å². The van der Waals surface area contributed by atoms with Gasteiger partial charge < -0.3 is 10.2 Å². The minimum Gasteiger partial charge on any atom is -0.338 e. The van der Waals surface area contributed by atoms with Crippen LogP contribution in [0.25, 0.3) is 0 Å². The second-order valence-corrected chi connectivity index (χ2v) is 6.22. The highest BCUT2D eigenvalue weighted by atomic mass is 16.2. The molecule has 3 nitrogen and oxygen atoms in total. The smallest absolute Gasteiger partial charge is 0.239 e. The second-order valence-electron chi connectivity index (χ2n) is 6.22. The van der Waals surface area contributed by atoms with Crippen LogP contribution in [0.2, 0.25) is 0 Å². The van der Waals surface area contributed by atoms with Crippen LogP contribution in [0.5, 0.6) is 0 Å². The third-order valence-electron chi connectivity index (χ3n) is 3.83. The third-order valence-corrected chi connectivity index (χ3v) is 3.83. The Morgan fingerprint density at radius 1 is 1.47 bits per heavy atom. The molecule has 0 saturated carbocycles. The molecule has 3 heteroatoms. The Labute approximate surface area is 106 Å². The maximum atomic E-state index is 12.4. The molecular formula is C14H28N2O.